The molecule has 0 unspecified atom stereocenters. The van der Waals surface area contributed by atoms with Gasteiger partial charge in [0.25, 0.3) is 11.8 Å². The Bertz CT molecular complexity index is 1340. The largest absolute Gasteiger partial charge is 0.493 e. The lowest BCUT2D eigenvalue weighted by atomic mass is 9.96. The van der Waals surface area contributed by atoms with Crippen LogP contribution in [0, 0.1) is 0 Å². The number of rotatable bonds is 7. The van der Waals surface area contributed by atoms with Gasteiger partial charge in [-0.3, -0.25) is 9.36 Å². The van der Waals surface area contributed by atoms with E-state index in [-0.39, 0.29) is 23.1 Å². The van der Waals surface area contributed by atoms with Crippen LogP contribution in [0.1, 0.15) is 55.6 Å². The van der Waals surface area contributed by atoms with Crippen molar-refractivity contribution in [2.75, 3.05) is 14.2 Å². The zero-order valence-corrected chi connectivity index (χ0v) is 20.6. The highest BCUT2D eigenvalue weighted by Crippen LogP contribution is 2.30. The number of carbonyl (C=O) groups excluding carboxylic acids is 1. The summed E-state index contributed by atoms with van der Waals surface area (Å²) in [5.74, 6) is 2.50. The van der Waals surface area contributed by atoms with E-state index in [2.05, 4.69) is 25.4 Å². The van der Waals surface area contributed by atoms with Crippen molar-refractivity contribution in [3.8, 4) is 28.8 Å². The molecule has 0 aliphatic carbocycles. The molecule has 182 valence electrons. The quantitative estimate of drug-likeness (QED) is 0.423. The Morgan fingerprint density at radius 3 is 2.54 bits per heavy atom. The molecule has 10 nitrogen and oxygen atoms in total. The Labute approximate surface area is 203 Å². The molecular weight excluding hydrogens is 448 g/mol. The highest BCUT2D eigenvalue weighted by Gasteiger charge is 2.22. The highest BCUT2D eigenvalue weighted by molar-refractivity contribution is 5.92. The number of hydrogen-bond acceptors (Lipinski definition) is 8. The monoisotopic (exact) mass is 476 g/mol. The lowest BCUT2D eigenvalue weighted by Crippen LogP contribution is -2.27. The molecule has 3 aromatic heterocycles. The summed E-state index contributed by atoms with van der Waals surface area (Å²) in [4.78, 5) is 26.0. The third kappa shape index (κ3) is 5.16. The molecule has 1 N–H and O–H groups in total. The van der Waals surface area contributed by atoms with Gasteiger partial charge in [-0.1, -0.05) is 32.0 Å². The summed E-state index contributed by atoms with van der Waals surface area (Å²) in [5, 5.41) is 7.03. The SMILES string of the molecule is COc1ccc([C@@H](C)NC(=O)c2cn(-c3cc(-c4nc(C(C)(C)C)no4)ccn3)cn2)cc1OC. The first-order chi connectivity index (χ1) is 16.7. The van der Waals surface area contributed by atoms with Gasteiger partial charge in [0.05, 0.1) is 20.3 Å². The number of pyridine rings is 1. The lowest BCUT2D eigenvalue weighted by molar-refractivity contribution is 0.0935. The van der Waals surface area contributed by atoms with E-state index in [1.807, 2.05) is 39.8 Å². The Morgan fingerprint density at radius 2 is 1.86 bits per heavy atom. The van der Waals surface area contributed by atoms with Gasteiger partial charge in [0.15, 0.2) is 17.3 Å². The summed E-state index contributed by atoms with van der Waals surface area (Å²) < 4.78 is 17.7. The molecule has 0 aliphatic rings. The molecule has 0 spiro atoms. The second-order valence-corrected chi connectivity index (χ2v) is 9.05. The van der Waals surface area contributed by atoms with Crippen LogP contribution in [0.15, 0.2) is 53.6 Å². The molecule has 0 saturated carbocycles. The Kier molecular flexibility index (Phi) is 6.54. The van der Waals surface area contributed by atoms with Crippen molar-refractivity contribution < 1.29 is 18.8 Å². The van der Waals surface area contributed by atoms with E-state index >= 15 is 0 Å². The average molecular weight is 477 g/mol. The Hall–Kier alpha value is -4.21. The van der Waals surface area contributed by atoms with Crippen LogP contribution >= 0.6 is 0 Å². The maximum absolute atomic E-state index is 12.8. The van der Waals surface area contributed by atoms with Crippen molar-refractivity contribution in [3.63, 3.8) is 0 Å². The number of aromatic nitrogens is 5. The van der Waals surface area contributed by atoms with Crippen molar-refractivity contribution in [1.29, 1.82) is 0 Å². The second kappa shape index (κ2) is 9.57. The van der Waals surface area contributed by atoms with Crippen molar-refractivity contribution in [2.45, 2.75) is 39.2 Å². The summed E-state index contributed by atoms with van der Waals surface area (Å²) in [5.41, 5.74) is 1.63. The molecule has 0 radical (unpaired) electrons. The molecule has 3 heterocycles. The van der Waals surface area contributed by atoms with Gasteiger partial charge in [-0.05, 0) is 36.8 Å². The van der Waals surface area contributed by atoms with Crippen LogP contribution in [-0.4, -0.2) is 44.8 Å². The van der Waals surface area contributed by atoms with Crippen LogP contribution in [0.2, 0.25) is 0 Å². The minimum absolute atomic E-state index is 0.224. The van der Waals surface area contributed by atoms with Crippen molar-refractivity contribution in [1.82, 2.24) is 30.0 Å². The number of carbonyl (C=O) groups is 1. The molecular formula is C25H28N6O4. The van der Waals surface area contributed by atoms with Crippen LogP contribution in [0.3, 0.4) is 0 Å². The molecule has 1 atom stereocenters. The fraction of sp³-hybridized carbons (Fsp3) is 0.320. The number of hydrogen-bond donors (Lipinski definition) is 1. The molecule has 4 aromatic rings. The average Bonchev–Trinajstić information content (AvgIpc) is 3.54. The molecule has 0 fully saturated rings. The molecule has 4 rings (SSSR count). The van der Waals surface area contributed by atoms with Gasteiger partial charge in [0, 0.05) is 23.4 Å². The van der Waals surface area contributed by atoms with Crippen LogP contribution < -0.4 is 14.8 Å². The number of imidazole rings is 1. The highest BCUT2D eigenvalue weighted by atomic mass is 16.5. The van der Waals surface area contributed by atoms with Gasteiger partial charge in [0.2, 0.25) is 0 Å². The van der Waals surface area contributed by atoms with Gasteiger partial charge in [0.1, 0.15) is 17.8 Å². The standard InChI is InChI=1S/C25H28N6O4/c1-15(16-7-8-19(33-5)20(11-16)34-6)28-22(32)18-13-31(14-27-18)21-12-17(9-10-26-21)23-29-24(30-35-23)25(2,3)4/h7-15H,1-6H3,(H,28,32)/t15-/m1/s1. The summed E-state index contributed by atoms with van der Waals surface area (Å²) in [6.45, 7) is 7.94. The first-order valence-corrected chi connectivity index (χ1v) is 11.1. The molecule has 35 heavy (non-hydrogen) atoms. The van der Waals surface area contributed by atoms with Crippen LogP contribution in [-0.2, 0) is 5.41 Å². The Balaban J connectivity index is 1.50. The first kappa shape index (κ1) is 23.9. The number of benzene rings is 1. The number of nitrogens with one attached hydrogen (secondary N) is 1. The van der Waals surface area contributed by atoms with E-state index in [1.165, 1.54) is 6.33 Å². The smallest absolute Gasteiger partial charge is 0.271 e. The number of ether oxygens (including phenoxy) is 2. The molecule has 10 heteroatoms. The van der Waals surface area contributed by atoms with Crippen molar-refractivity contribution in [3.05, 3.63) is 66.1 Å². The number of amides is 1. The molecule has 1 amide bonds. The predicted molar refractivity (Wildman–Crippen MR) is 129 cm³/mol. The van der Waals surface area contributed by atoms with E-state index in [1.54, 1.807) is 49.4 Å². The second-order valence-electron chi connectivity index (χ2n) is 9.05. The van der Waals surface area contributed by atoms with Crippen LogP contribution in [0.25, 0.3) is 17.3 Å². The maximum atomic E-state index is 12.8. The van der Waals surface area contributed by atoms with E-state index in [9.17, 15) is 4.79 Å². The Morgan fingerprint density at radius 1 is 1.09 bits per heavy atom. The van der Waals surface area contributed by atoms with Crippen molar-refractivity contribution in [2.24, 2.45) is 0 Å². The predicted octanol–water partition coefficient (Wildman–Crippen LogP) is 4.12. The van der Waals surface area contributed by atoms with Gasteiger partial charge in [-0.25, -0.2) is 9.97 Å². The zero-order valence-electron chi connectivity index (χ0n) is 20.6. The topological polar surface area (TPSA) is 117 Å². The van der Waals surface area contributed by atoms with Crippen LogP contribution in [0.4, 0.5) is 0 Å². The molecule has 0 aliphatic heterocycles. The number of methoxy groups -OCH3 is 2. The van der Waals surface area contributed by atoms with E-state index in [4.69, 9.17) is 14.0 Å². The third-order valence-corrected chi connectivity index (χ3v) is 5.42. The summed E-state index contributed by atoms with van der Waals surface area (Å²) in [6.07, 6.45) is 4.80. The minimum Gasteiger partial charge on any atom is -0.493 e. The summed E-state index contributed by atoms with van der Waals surface area (Å²) in [7, 11) is 3.15. The van der Waals surface area contributed by atoms with Crippen molar-refractivity contribution >= 4 is 5.91 Å². The number of nitrogens with zero attached hydrogens (tertiary/aromatic N) is 5. The summed E-state index contributed by atoms with van der Waals surface area (Å²) in [6, 6.07) is 8.83. The first-order valence-electron chi connectivity index (χ1n) is 11.1. The molecule has 0 saturated heterocycles. The summed E-state index contributed by atoms with van der Waals surface area (Å²) >= 11 is 0. The van der Waals surface area contributed by atoms with Gasteiger partial charge >= 0.3 is 0 Å². The van der Waals surface area contributed by atoms with E-state index < -0.39 is 0 Å². The van der Waals surface area contributed by atoms with Gasteiger partial charge in [-0.2, -0.15) is 4.98 Å². The molecule has 1 aromatic carbocycles. The normalized spacial score (nSPS) is 12.3. The van der Waals surface area contributed by atoms with Crippen LogP contribution in [0.5, 0.6) is 11.5 Å². The van der Waals surface area contributed by atoms with E-state index in [0.29, 0.717) is 29.0 Å². The van der Waals surface area contributed by atoms with Gasteiger partial charge in [-0.15, -0.1) is 0 Å². The van der Waals surface area contributed by atoms with Gasteiger partial charge < -0.3 is 19.3 Å². The molecule has 0 bridgehead atoms. The minimum atomic E-state index is -0.311. The van der Waals surface area contributed by atoms with E-state index in [0.717, 1.165) is 11.1 Å². The fourth-order valence-electron chi connectivity index (χ4n) is 3.38. The zero-order chi connectivity index (χ0) is 25.2. The lowest BCUT2D eigenvalue weighted by Gasteiger charge is -2.16. The maximum Gasteiger partial charge on any atom is 0.271 e. The third-order valence-electron chi connectivity index (χ3n) is 5.42. The fourth-order valence-corrected chi connectivity index (χ4v) is 3.38.